The normalized spacial score (nSPS) is 12.7. The number of nitrogens with two attached hydrogens (primary N) is 1. The van der Waals surface area contributed by atoms with Gasteiger partial charge in [-0.25, -0.2) is 0 Å². The predicted octanol–water partition coefficient (Wildman–Crippen LogP) is 2.28. The Balaban J connectivity index is 2.14. The number of aromatic nitrogens is 2. The summed E-state index contributed by atoms with van der Waals surface area (Å²) in [4.78, 5) is 0. The predicted molar refractivity (Wildman–Crippen MR) is 69.8 cm³/mol. The highest BCUT2D eigenvalue weighted by atomic mass is 15.2. The summed E-state index contributed by atoms with van der Waals surface area (Å²) < 4.78 is 1.82. The van der Waals surface area contributed by atoms with Crippen molar-refractivity contribution < 1.29 is 0 Å². The maximum absolute atomic E-state index is 6.23. The molecular formula is C14H19N3. The Hall–Kier alpha value is -1.61. The molecule has 1 aromatic heterocycles. The zero-order valence-electron chi connectivity index (χ0n) is 10.6. The molecule has 0 saturated carbocycles. The first-order valence-corrected chi connectivity index (χ1v) is 5.87. The highest BCUT2D eigenvalue weighted by molar-refractivity contribution is 5.26. The largest absolute Gasteiger partial charge is 0.324 e. The number of nitrogens with zero attached hydrogens (tertiary/aromatic N) is 2. The van der Waals surface area contributed by atoms with Crippen molar-refractivity contribution in [2.45, 2.75) is 26.3 Å². The van der Waals surface area contributed by atoms with E-state index < -0.39 is 0 Å². The Bertz CT molecular complexity index is 497. The molecular weight excluding hydrogens is 210 g/mol. The number of hydrogen-bond donors (Lipinski definition) is 1. The van der Waals surface area contributed by atoms with Crippen molar-refractivity contribution in [2.75, 3.05) is 0 Å². The summed E-state index contributed by atoms with van der Waals surface area (Å²) in [7, 11) is 1.93. The van der Waals surface area contributed by atoms with E-state index in [1.165, 1.54) is 11.1 Å². The summed E-state index contributed by atoms with van der Waals surface area (Å²) >= 11 is 0. The zero-order valence-corrected chi connectivity index (χ0v) is 10.6. The van der Waals surface area contributed by atoms with Gasteiger partial charge < -0.3 is 5.73 Å². The van der Waals surface area contributed by atoms with E-state index in [9.17, 15) is 0 Å². The molecule has 0 amide bonds. The summed E-state index contributed by atoms with van der Waals surface area (Å²) in [6, 6.07) is 8.55. The molecule has 0 aliphatic heterocycles. The van der Waals surface area contributed by atoms with Crippen LogP contribution in [-0.4, -0.2) is 9.78 Å². The van der Waals surface area contributed by atoms with Crippen molar-refractivity contribution in [1.82, 2.24) is 9.78 Å². The van der Waals surface area contributed by atoms with Gasteiger partial charge in [0.25, 0.3) is 0 Å². The molecule has 0 aliphatic rings. The van der Waals surface area contributed by atoms with Gasteiger partial charge in [0.05, 0.1) is 5.69 Å². The second kappa shape index (κ2) is 4.72. The second-order valence-corrected chi connectivity index (χ2v) is 4.64. The van der Waals surface area contributed by atoms with Crippen molar-refractivity contribution >= 4 is 0 Å². The Morgan fingerprint density at radius 1 is 1.24 bits per heavy atom. The van der Waals surface area contributed by atoms with Gasteiger partial charge in [0.15, 0.2) is 0 Å². The van der Waals surface area contributed by atoms with E-state index in [0.29, 0.717) is 0 Å². The van der Waals surface area contributed by atoms with Crippen LogP contribution >= 0.6 is 0 Å². The van der Waals surface area contributed by atoms with Crippen molar-refractivity contribution in [3.05, 3.63) is 52.8 Å². The lowest BCUT2D eigenvalue weighted by Crippen LogP contribution is -2.13. The van der Waals surface area contributed by atoms with Crippen molar-refractivity contribution in [1.29, 1.82) is 0 Å². The summed E-state index contributed by atoms with van der Waals surface area (Å²) in [6.45, 7) is 4.10. The van der Waals surface area contributed by atoms with Crippen molar-refractivity contribution in [2.24, 2.45) is 12.8 Å². The van der Waals surface area contributed by atoms with Gasteiger partial charge in [-0.1, -0.05) is 29.8 Å². The number of hydrogen-bond acceptors (Lipinski definition) is 2. The molecule has 0 radical (unpaired) electrons. The quantitative estimate of drug-likeness (QED) is 0.877. The molecule has 3 nitrogen and oxygen atoms in total. The van der Waals surface area contributed by atoms with Crippen LogP contribution in [0.15, 0.2) is 30.5 Å². The van der Waals surface area contributed by atoms with E-state index in [4.69, 9.17) is 5.73 Å². The van der Waals surface area contributed by atoms with Crippen LogP contribution in [0.5, 0.6) is 0 Å². The standard InChI is InChI=1S/C14H19N3/c1-10-4-6-12(7-5-10)8-14(15)13-9-17(3)16-11(13)2/h4-7,9,14H,8,15H2,1-3H3. The lowest BCUT2D eigenvalue weighted by atomic mass is 10.00. The number of aryl methyl sites for hydroxylation is 3. The SMILES string of the molecule is Cc1ccc(CC(N)c2cn(C)nc2C)cc1. The Kier molecular flexibility index (Phi) is 3.29. The van der Waals surface area contributed by atoms with Crippen LogP contribution < -0.4 is 5.73 Å². The third kappa shape index (κ3) is 2.74. The van der Waals surface area contributed by atoms with E-state index in [0.717, 1.165) is 17.7 Å². The Morgan fingerprint density at radius 2 is 1.88 bits per heavy atom. The van der Waals surface area contributed by atoms with Crippen LogP contribution in [0.2, 0.25) is 0 Å². The topological polar surface area (TPSA) is 43.8 Å². The summed E-state index contributed by atoms with van der Waals surface area (Å²) in [5.41, 5.74) is 10.9. The van der Waals surface area contributed by atoms with Gasteiger partial charge in [-0.2, -0.15) is 5.10 Å². The van der Waals surface area contributed by atoms with Gasteiger partial charge in [-0.05, 0) is 25.8 Å². The lowest BCUT2D eigenvalue weighted by molar-refractivity contribution is 0.715. The van der Waals surface area contributed by atoms with Gasteiger partial charge >= 0.3 is 0 Å². The molecule has 0 fully saturated rings. The van der Waals surface area contributed by atoms with Crippen LogP contribution in [0.1, 0.15) is 28.4 Å². The zero-order chi connectivity index (χ0) is 12.4. The first-order chi connectivity index (χ1) is 8.06. The summed E-state index contributed by atoms with van der Waals surface area (Å²) in [6.07, 6.45) is 2.86. The maximum atomic E-state index is 6.23. The van der Waals surface area contributed by atoms with Gasteiger partial charge in [0.1, 0.15) is 0 Å². The summed E-state index contributed by atoms with van der Waals surface area (Å²) in [5, 5.41) is 4.32. The van der Waals surface area contributed by atoms with Gasteiger partial charge in [0.2, 0.25) is 0 Å². The number of rotatable bonds is 3. The van der Waals surface area contributed by atoms with Crippen LogP contribution in [0, 0.1) is 13.8 Å². The Labute approximate surface area is 102 Å². The fraction of sp³-hybridized carbons (Fsp3) is 0.357. The van der Waals surface area contributed by atoms with Crippen molar-refractivity contribution in [3.63, 3.8) is 0 Å². The monoisotopic (exact) mass is 229 g/mol. The maximum Gasteiger partial charge on any atom is 0.0641 e. The highest BCUT2D eigenvalue weighted by Gasteiger charge is 2.12. The van der Waals surface area contributed by atoms with E-state index in [-0.39, 0.29) is 6.04 Å². The van der Waals surface area contributed by atoms with Gasteiger partial charge in [-0.15, -0.1) is 0 Å². The first kappa shape index (κ1) is 11.9. The molecule has 0 saturated heterocycles. The van der Waals surface area contributed by atoms with Gasteiger partial charge in [-0.3, -0.25) is 4.68 Å². The molecule has 3 heteroatoms. The minimum Gasteiger partial charge on any atom is -0.324 e. The van der Waals surface area contributed by atoms with Crippen LogP contribution in [-0.2, 0) is 13.5 Å². The van der Waals surface area contributed by atoms with E-state index in [1.54, 1.807) is 0 Å². The average molecular weight is 229 g/mol. The molecule has 2 aromatic rings. The van der Waals surface area contributed by atoms with Crippen LogP contribution in [0.3, 0.4) is 0 Å². The Morgan fingerprint density at radius 3 is 2.41 bits per heavy atom. The average Bonchev–Trinajstić information content (AvgIpc) is 2.61. The molecule has 2 rings (SSSR count). The van der Waals surface area contributed by atoms with E-state index in [2.05, 4.69) is 36.3 Å². The van der Waals surface area contributed by atoms with Gasteiger partial charge in [0, 0.05) is 24.8 Å². The molecule has 1 aromatic carbocycles. The summed E-state index contributed by atoms with van der Waals surface area (Å²) in [5.74, 6) is 0. The molecule has 90 valence electrons. The molecule has 0 aliphatic carbocycles. The van der Waals surface area contributed by atoms with Crippen molar-refractivity contribution in [3.8, 4) is 0 Å². The molecule has 1 atom stereocenters. The number of benzene rings is 1. The molecule has 1 unspecified atom stereocenters. The molecule has 0 bridgehead atoms. The third-order valence-electron chi connectivity index (χ3n) is 3.03. The van der Waals surface area contributed by atoms with E-state index in [1.807, 2.05) is 24.9 Å². The molecule has 17 heavy (non-hydrogen) atoms. The second-order valence-electron chi connectivity index (χ2n) is 4.64. The lowest BCUT2D eigenvalue weighted by Gasteiger charge is -2.10. The fourth-order valence-corrected chi connectivity index (χ4v) is 2.07. The highest BCUT2D eigenvalue weighted by Crippen LogP contribution is 2.18. The third-order valence-corrected chi connectivity index (χ3v) is 3.03. The van der Waals surface area contributed by atoms with Crippen LogP contribution in [0.4, 0.5) is 0 Å². The molecule has 0 spiro atoms. The first-order valence-electron chi connectivity index (χ1n) is 5.87. The smallest absolute Gasteiger partial charge is 0.0641 e. The van der Waals surface area contributed by atoms with E-state index >= 15 is 0 Å². The van der Waals surface area contributed by atoms with Crippen LogP contribution in [0.25, 0.3) is 0 Å². The molecule has 2 N–H and O–H groups in total. The minimum absolute atomic E-state index is 0.0198. The minimum atomic E-state index is 0.0198. The fourth-order valence-electron chi connectivity index (χ4n) is 2.07. The molecule has 1 heterocycles.